The van der Waals surface area contributed by atoms with Crippen LogP contribution in [-0.2, 0) is 10.2 Å². The number of carboxylic acid groups (broad SMARTS) is 1. The lowest BCUT2D eigenvalue weighted by Gasteiger charge is -2.31. The first-order valence-electron chi connectivity index (χ1n) is 6.76. The highest BCUT2D eigenvalue weighted by atomic mass is 16.5. The van der Waals surface area contributed by atoms with E-state index in [1.807, 2.05) is 13.8 Å². The highest BCUT2D eigenvalue weighted by molar-refractivity contribution is 5.67. The minimum absolute atomic E-state index is 0.0278. The number of benzene rings is 1. The summed E-state index contributed by atoms with van der Waals surface area (Å²) in [6, 6.07) is 7.61. The lowest BCUT2D eigenvalue weighted by Crippen LogP contribution is -2.31. The molecule has 0 saturated heterocycles. The van der Waals surface area contributed by atoms with Crippen LogP contribution in [0.25, 0.3) is 0 Å². The molecule has 0 amide bonds. The van der Waals surface area contributed by atoms with Gasteiger partial charge in [-0.15, -0.1) is 0 Å². The summed E-state index contributed by atoms with van der Waals surface area (Å²) in [6.45, 7) is 3.84. The number of nitrogens with zero attached hydrogens (tertiary/aromatic N) is 1. The van der Waals surface area contributed by atoms with Crippen LogP contribution in [0.1, 0.15) is 32.3 Å². The summed E-state index contributed by atoms with van der Waals surface area (Å²) in [5.41, 5.74) is -0.114. The Bertz CT molecular complexity index is 548. The van der Waals surface area contributed by atoms with Crippen LogP contribution in [-0.4, -0.2) is 25.3 Å². The molecule has 0 bridgehead atoms. The van der Waals surface area contributed by atoms with Crippen LogP contribution in [0.4, 0.5) is 0 Å². The molecule has 0 aliphatic rings. The van der Waals surface area contributed by atoms with Gasteiger partial charge in [0.15, 0.2) is 11.5 Å². The zero-order valence-electron chi connectivity index (χ0n) is 12.8. The zero-order chi connectivity index (χ0) is 16.0. The standard InChI is InChI=1S/C16H21NO4/c1-11(2)16(10-17,8-7-15(18)19)12-5-6-13(20-3)14(9-12)21-4/h5-6,9,11H,7-8H2,1-4H3,(H,18,19)/t16-/m0/s1. The Labute approximate surface area is 125 Å². The molecule has 1 rings (SSSR count). The Morgan fingerprint density at radius 1 is 1.33 bits per heavy atom. The molecule has 1 N–H and O–H groups in total. The van der Waals surface area contributed by atoms with Gasteiger partial charge in [0.25, 0.3) is 0 Å². The molecule has 0 aliphatic carbocycles. The maximum Gasteiger partial charge on any atom is 0.303 e. The first-order valence-corrected chi connectivity index (χ1v) is 6.76. The van der Waals surface area contributed by atoms with E-state index in [0.29, 0.717) is 11.5 Å². The van der Waals surface area contributed by atoms with Crippen LogP contribution in [0.5, 0.6) is 11.5 Å². The van der Waals surface area contributed by atoms with Crippen molar-refractivity contribution in [3.05, 3.63) is 23.8 Å². The van der Waals surface area contributed by atoms with E-state index in [4.69, 9.17) is 14.6 Å². The average molecular weight is 291 g/mol. The normalized spacial score (nSPS) is 13.3. The number of aliphatic carboxylic acids is 1. The van der Waals surface area contributed by atoms with Gasteiger partial charge in [-0.2, -0.15) is 5.26 Å². The van der Waals surface area contributed by atoms with Crippen molar-refractivity contribution < 1.29 is 19.4 Å². The second kappa shape index (κ2) is 6.98. The highest BCUT2D eigenvalue weighted by Gasteiger charge is 2.37. The van der Waals surface area contributed by atoms with E-state index < -0.39 is 11.4 Å². The number of carboxylic acids is 1. The van der Waals surface area contributed by atoms with E-state index >= 15 is 0 Å². The van der Waals surface area contributed by atoms with Crippen LogP contribution < -0.4 is 9.47 Å². The number of ether oxygens (including phenoxy) is 2. The van der Waals surface area contributed by atoms with Crippen molar-refractivity contribution in [3.63, 3.8) is 0 Å². The van der Waals surface area contributed by atoms with Gasteiger partial charge in [-0.25, -0.2) is 0 Å². The predicted molar refractivity (Wildman–Crippen MR) is 78.5 cm³/mol. The first-order chi connectivity index (χ1) is 9.91. The Kier molecular flexibility index (Phi) is 5.60. The molecule has 5 nitrogen and oxygen atoms in total. The molecule has 0 radical (unpaired) electrons. The van der Waals surface area contributed by atoms with Crippen LogP contribution >= 0.6 is 0 Å². The molecule has 0 aromatic heterocycles. The molecule has 5 heteroatoms. The monoisotopic (exact) mass is 291 g/mol. The molecule has 0 saturated carbocycles. The first kappa shape index (κ1) is 16.8. The maximum atomic E-state index is 10.9. The van der Waals surface area contributed by atoms with E-state index in [-0.39, 0.29) is 18.8 Å². The predicted octanol–water partition coefficient (Wildman–Crippen LogP) is 2.99. The fourth-order valence-electron chi connectivity index (χ4n) is 2.43. The minimum Gasteiger partial charge on any atom is -0.493 e. The number of methoxy groups -OCH3 is 2. The molecule has 1 aromatic rings. The SMILES string of the molecule is COc1ccc([C@](C#N)(CCC(=O)O)C(C)C)cc1OC. The molecular weight excluding hydrogens is 270 g/mol. The second-order valence-corrected chi connectivity index (χ2v) is 5.20. The van der Waals surface area contributed by atoms with E-state index in [9.17, 15) is 10.1 Å². The van der Waals surface area contributed by atoms with Crippen molar-refractivity contribution in [2.45, 2.75) is 32.1 Å². The van der Waals surface area contributed by atoms with Crippen molar-refractivity contribution in [1.29, 1.82) is 5.26 Å². The summed E-state index contributed by atoms with van der Waals surface area (Å²) in [5.74, 6) is 0.177. The summed E-state index contributed by atoms with van der Waals surface area (Å²) < 4.78 is 10.5. The van der Waals surface area contributed by atoms with E-state index in [1.165, 1.54) is 7.11 Å². The maximum absolute atomic E-state index is 10.9. The fourth-order valence-corrected chi connectivity index (χ4v) is 2.43. The van der Waals surface area contributed by atoms with Crippen molar-refractivity contribution in [2.24, 2.45) is 5.92 Å². The van der Waals surface area contributed by atoms with Crippen molar-refractivity contribution in [3.8, 4) is 17.6 Å². The number of rotatable bonds is 7. The van der Waals surface area contributed by atoms with Crippen molar-refractivity contribution in [1.82, 2.24) is 0 Å². The Morgan fingerprint density at radius 2 is 1.95 bits per heavy atom. The lowest BCUT2D eigenvalue weighted by atomic mass is 9.70. The summed E-state index contributed by atoms with van der Waals surface area (Å²) in [4.78, 5) is 10.9. The van der Waals surface area contributed by atoms with Gasteiger partial charge in [-0.05, 0) is 30.0 Å². The van der Waals surface area contributed by atoms with Gasteiger partial charge >= 0.3 is 5.97 Å². The summed E-state index contributed by atoms with van der Waals surface area (Å²) in [7, 11) is 3.07. The van der Waals surface area contributed by atoms with Gasteiger partial charge in [0.05, 0.1) is 25.7 Å². The third-order valence-corrected chi connectivity index (χ3v) is 3.82. The minimum atomic E-state index is -0.907. The van der Waals surface area contributed by atoms with Gasteiger partial charge in [0, 0.05) is 6.42 Å². The van der Waals surface area contributed by atoms with Crippen molar-refractivity contribution in [2.75, 3.05) is 14.2 Å². The Morgan fingerprint density at radius 3 is 2.38 bits per heavy atom. The van der Waals surface area contributed by atoms with Crippen LogP contribution in [0.3, 0.4) is 0 Å². The largest absolute Gasteiger partial charge is 0.493 e. The molecule has 0 aliphatic heterocycles. The Balaban J connectivity index is 3.32. The summed E-state index contributed by atoms with van der Waals surface area (Å²) >= 11 is 0. The lowest BCUT2D eigenvalue weighted by molar-refractivity contribution is -0.137. The molecule has 0 unspecified atom stereocenters. The third kappa shape index (κ3) is 3.46. The van der Waals surface area contributed by atoms with Gasteiger partial charge in [-0.3, -0.25) is 4.79 Å². The van der Waals surface area contributed by atoms with Crippen molar-refractivity contribution >= 4 is 5.97 Å². The van der Waals surface area contributed by atoms with Gasteiger partial charge < -0.3 is 14.6 Å². The molecule has 21 heavy (non-hydrogen) atoms. The smallest absolute Gasteiger partial charge is 0.303 e. The molecule has 1 aromatic carbocycles. The van der Waals surface area contributed by atoms with Crippen LogP contribution in [0.15, 0.2) is 18.2 Å². The molecule has 0 spiro atoms. The average Bonchev–Trinajstić information content (AvgIpc) is 2.47. The number of carbonyl (C=O) groups is 1. The van der Waals surface area contributed by atoms with E-state index in [1.54, 1.807) is 25.3 Å². The fraction of sp³-hybridized carbons (Fsp3) is 0.500. The van der Waals surface area contributed by atoms with Gasteiger partial charge in [0.1, 0.15) is 0 Å². The summed E-state index contributed by atoms with van der Waals surface area (Å²) in [5, 5.41) is 18.6. The molecular formula is C16H21NO4. The molecule has 0 fully saturated rings. The third-order valence-electron chi connectivity index (χ3n) is 3.82. The van der Waals surface area contributed by atoms with Gasteiger partial charge in [-0.1, -0.05) is 19.9 Å². The highest BCUT2D eigenvalue weighted by Crippen LogP contribution is 2.40. The number of hydrogen-bond acceptors (Lipinski definition) is 4. The number of hydrogen-bond donors (Lipinski definition) is 1. The Hall–Kier alpha value is -2.22. The van der Waals surface area contributed by atoms with Crippen LogP contribution in [0, 0.1) is 17.2 Å². The quantitative estimate of drug-likeness (QED) is 0.835. The van der Waals surface area contributed by atoms with Crippen LogP contribution in [0.2, 0.25) is 0 Å². The molecule has 1 atom stereocenters. The summed E-state index contributed by atoms with van der Waals surface area (Å²) in [6.07, 6.45) is 0.200. The van der Waals surface area contributed by atoms with E-state index in [0.717, 1.165) is 5.56 Å². The second-order valence-electron chi connectivity index (χ2n) is 5.20. The molecule has 114 valence electrons. The topological polar surface area (TPSA) is 79.5 Å². The van der Waals surface area contributed by atoms with E-state index in [2.05, 4.69) is 6.07 Å². The molecule has 0 heterocycles. The zero-order valence-corrected chi connectivity index (χ0v) is 12.8. The number of nitriles is 1. The van der Waals surface area contributed by atoms with Gasteiger partial charge in [0.2, 0.25) is 0 Å².